The highest BCUT2D eigenvalue weighted by molar-refractivity contribution is 5.85. The van der Waals surface area contributed by atoms with Crippen molar-refractivity contribution in [1.82, 2.24) is 5.32 Å². The molecule has 0 saturated heterocycles. The van der Waals surface area contributed by atoms with Crippen LogP contribution in [0.15, 0.2) is 24.3 Å². The van der Waals surface area contributed by atoms with Gasteiger partial charge in [-0.1, -0.05) is 25.0 Å². The lowest BCUT2D eigenvalue weighted by atomic mass is 9.88. The number of nitrogens with zero attached hydrogens (tertiary/aromatic N) is 1. The number of carbonyl (C=O) groups is 3. The van der Waals surface area contributed by atoms with E-state index in [1.165, 1.54) is 24.3 Å². The predicted octanol–water partition coefficient (Wildman–Crippen LogP) is 2.78. The number of esters is 1. The van der Waals surface area contributed by atoms with Gasteiger partial charge in [0.15, 0.2) is 0 Å². The molecule has 1 saturated carbocycles. The van der Waals surface area contributed by atoms with Crippen LogP contribution >= 0.6 is 0 Å². The molecular weight excluding hydrogens is 380 g/mol. The molecule has 29 heavy (non-hydrogen) atoms. The van der Waals surface area contributed by atoms with Gasteiger partial charge in [0.05, 0.1) is 18.0 Å². The molecule has 9 heteroatoms. The van der Waals surface area contributed by atoms with E-state index in [-0.39, 0.29) is 37.0 Å². The minimum absolute atomic E-state index is 0.137. The summed E-state index contributed by atoms with van der Waals surface area (Å²) in [6, 6.07) is 3.94. The van der Waals surface area contributed by atoms with Crippen LogP contribution in [0.2, 0.25) is 0 Å². The highest BCUT2D eigenvalue weighted by atomic mass is 16.6. The van der Waals surface area contributed by atoms with E-state index in [1.54, 1.807) is 6.92 Å². The molecule has 158 valence electrons. The molecule has 1 aromatic rings. The van der Waals surface area contributed by atoms with Gasteiger partial charge in [-0.2, -0.15) is 0 Å². The van der Waals surface area contributed by atoms with E-state index in [1.807, 2.05) is 0 Å². The SMILES string of the molecule is CCOC(=O)C[C@H](c1ccc([N+](=O)[O-])cc1)[C@@H](NC(=O)CC1CCCC1)C(=O)O. The van der Waals surface area contributed by atoms with Gasteiger partial charge in [-0.05, 0) is 31.2 Å². The number of carboxylic acid groups (broad SMARTS) is 1. The maximum Gasteiger partial charge on any atom is 0.326 e. The third-order valence-electron chi connectivity index (χ3n) is 5.16. The summed E-state index contributed by atoms with van der Waals surface area (Å²) in [6.45, 7) is 1.77. The van der Waals surface area contributed by atoms with Crippen molar-refractivity contribution in [3.8, 4) is 0 Å². The Morgan fingerprint density at radius 1 is 1.24 bits per heavy atom. The van der Waals surface area contributed by atoms with Crippen molar-refractivity contribution in [2.24, 2.45) is 5.92 Å². The van der Waals surface area contributed by atoms with E-state index < -0.39 is 28.8 Å². The van der Waals surface area contributed by atoms with Crippen LogP contribution in [0, 0.1) is 16.0 Å². The lowest BCUT2D eigenvalue weighted by Crippen LogP contribution is -2.46. The summed E-state index contributed by atoms with van der Waals surface area (Å²) in [5, 5.41) is 23.1. The van der Waals surface area contributed by atoms with Crippen LogP contribution in [0.25, 0.3) is 0 Å². The first-order valence-corrected chi connectivity index (χ1v) is 9.74. The average Bonchev–Trinajstić information content (AvgIpc) is 3.17. The largest absolute Gasteiger partial charge is 0.480 e. The smallest absolute Gasteiger partial charge is 0.326 e. The van der Waals surface area contributed by atoms with Gasteiger partial charge in [0.2, 0.25) is 5.91 Å². The van der Waals surface area contributed by atoms with Crippen molar-refractivity contribution in [2.45, 2.75) is 57.4 Å². The van der Waals surface area contributed by atoms with Gasteiger partial charge in [-0.25, -0.2) is 4.79 Å². The maximum atomic E-state index is 12.4. The predicted molar refractivity (Wildman–Crippen MR) is 103 cm³/mol. The molecule has 1 fully saturated rings. The first kappa shape index (κ1) is 22.3. The van der Waals surface area contributed by atoms with Crippen LogP contribution < -0.4 is 5.32 Å². The first-order valence-electron chi connectivity index (χ1n) is 9.74. The van der Waals surface area contributed by atoms with Crippen molar-refractivity contribution in [1.29, 1.82) is 0 Å². The Morgan fingerprint density at radius 3 is 2.38 bits per heavy atom. The van der Waals surface area contributed by atoms with E-state index in [4.69, 9.17) is 4.74 Å². The van der Waals surface area contributed by atoms with E-state index in [2.05, 4.69) is 5.32 Å². The second-order valence-corrected chi connectivity index (χ2v) is 7.20. The fraction of sp³-hybridized carbons (Fsp3) is 0.550. The Hall–Kier alpha value is -2.97. The fourth-order valence-corrected chi connectivity index (χ4v) is 3.71. The van der Waals surface area contributed by atoms with Crippen LogP contribution in [-0.4, -0.2) is 40.5 Å². The van der Waals surface area contributed by atoms with Crippen LogP contribution in [0.1, 0.15) is 56.9 Å². The van der Waals surface area contributed by atoms with Gasteiger partial charge in [-0.15, -0.1) is 0 Å². The summed E-state index contributed by atoms with van der Waals surface area (Å²) in [5.41, 5.74) is 0.248. The molecule has 0 unspecified atom stereocenters. The zero-order valence-electron chi connectivity index (χ0n) is 16.3. The van der Waals surface area contributed by atoms with Crippen molar-refractivity contribution in [3.05, 3.63) is 39.9 Å². The standard InChI is InChI=1S/C20H26N2O7/c1-2-29-18(24)12-16(14-7-9-15(10-8-14)22(27)28)19(20(25)26)21-17(23)11-13-5-3-4-6-13/h7-10,13,16,19H,2-6,11-12H2,1H3,(H,21,23)(H,25,26)/t16-,19-/m1/s1. The molecule has 0 aliphatic heterocycles. The molecule has 1 aromatic carbocycles. The number of carboxylic acids is 1. The van der Waals surface area contributed by atoms with Crippen LogP contribution in [0.4, 0.5) is 5.69 Å². The third kappa shape index (κ3) is 6.55. The zero-order valence-corrected chi connectivity index (χ0v) is 16.3. The molecule has 2 N–H and O–H groups in total. The van der Waals surface area contributed by atoms with Gasteiger partial charge in [0.25, 0.3) is 5.69 Å². The molecule has 1 aliphatic rings. The van der Waals surface area contributed by atoms with Gasteiger partial charge in [0, 0.05) is 24.5 Å². The normalized spacial score (nSPS) is 16.0. The van der Waals surface area contributed by atoms with Gasteiger partial charge >= 0.3 is 11.9 Å². The minimum Gasteiger partial charge on any atom is -0.480 e. The summed E-state index contributed by atoms with van der Waals surface area (Å²) >= 11 is 0. The highest BCUT2D eigenvalue weighted by Gasteiger charge is 2.34. The molecule has 0 aromatic heterocycles. The van der Waals surface area contributed by atoms with E-state index in [0.717, 1.165) is 25.7 Å². The van der Waals surface area contributed by atoms with E-state index in [9.17, 15) is 29.6 Å². The molecule has 9 nitrogen and oxygen atoms in total. The summed E-state index contributed by atoms with van der Waals surface area (Å²) in [7, 11) is 0. The van der Waals surface area contributed by atoms with Crippen molar-refractivity contribution in [2.75, 3.05) is 6.61 Å². The monoisotopic (exact) mass is 406 g/mol. The quantitative estimate of drug-likeness (QED) is 0.346. The molecule has 0 radical (unpaired) electrons. The number of aliphatic carboxylic acids is 1. The lowest BCUT2D eigenvalue weighted by Gasteiger charge is -2.25. The summed E-state index contributed by atoms with van der Waals surface area (Å²) < 4.78 is 4.95. The van der Waals surface area contributed by atoms with Crippen LogP contribution in [0.5, 0.6) is 0 Å². The topological polar surface area (TPSA) is 136 Å². The van der Waals surface area contributed by atoms with E-state index >= 15 is 0 Å². The van der Waals surface area contributed by atoms with E-state index in [0.29, 0.717) is 5.56 Å². The zero-order chi connectivity index (χ0) is 21.4. The van der Waals surface area contributed by atoms with Crippen molar-refractivity contribution < 1.29 is 29.2 Å². The number of hydrogen-bond acceptors (Lipinski definition) is 6. The fourth-order valence-electron chi connectivity index (χ4n) is 3.71. The number of benzene rings is 1. The number of non-ortho nitro benzene ring substituents is 1. The van der Waals surface area contributed by atoms with Crippen molar-refractivity contribution >= 4 is 23.5 Å². The van der Waals surface area contributed by atoms with Gasteiger partial charge < -0.3 is 15.2 Å². The number of nitro benzene ring substituents is 1. The second kappa shape index (κ2) is 10.5. The number of hydrogen-bond donors (Lipinski definition) is 2. The number of nitrogens with one attached hydrogen (secondary N) is 1. The average molecular weight is 406 g/mol. The Labute approximate surface area is 168 Å². The number of nitro groups is 1. The Morgan fingerprint density at radius 2 is 1.86 bits per heavy atom. The molecule has 0 bridgehead atoms. The molecule has 2 atom stereocenters. The van der Waals surface area contributed by atoms with Crippen LogP contribution in [0.3, 0.4) is 0 Å². The molecule has 0 heterocycles. The Bertz CT molecular complexity index is 742. The third-order valence-corrected chi connectivity index (χ3v) is 5.16. The Balaban J connectivity index is 2.23. The summed E-state index contributed by atoms with van der Waals surface area (Å²) in [6.07, 6.45) is 3.99. The van der Waals surface area contributed by atoms with Crippen LogP contribution in [-0.2, 0) is 19.1 Å². The lowest BCUT2D eigenvalue weighted by molar-refractivity contribution is -0.384. The molecule has 1 aliphatic carbocycles. The van der Waals surface area contributed by atoms with Gasteiger partial charge in [-0.3, -0.25) is 19.7 Å². The Kier molecular flexibility index (Phi) is 8.11. The molecule has 2 rings (SSSR count). The molecular formula is C20H26N2O7. The number of rotatable bonds is 10. The highest BCUT2D eigenvalue weighted by Crippen LogP contribution is 2.29. The summed E-state index contributed by atoms with van der Waals surface area (Å²) in [4.78, 5) is 46.7. The minimum atomic E-state index is -1.35. The first-order chi connectivity index (χ1) is 13.8. The molecule has 1 amide bonds. The van der Waals surface area contributed by atoms with Gasteiger partial charge in [0.1, 0.15) is 6.04 Å². The maximum absolute atomic E-state index is 12.4. The number of amides is 1. The summed E-state index contributed by atoms with van der Waals surface area (Å²) in [5.74, 6) is -2.93. The second-order valence-electron chi connectivity index (χ2n) is 7.20. The molecule has 0 spiro atoms. The number of carbonyl (C=O) groups excluding carboxylic acids is 2. The number of ether oxygens (including phenoxy) is 1. The van der Waals surface area contributed by atoms with Crippen molar-refractivity contribution in [3.63, 3.8) is 0 Å².